The number of nitrogens with zero attached hydrogens (tertiary/aromatic N) is 3. The van der Waals surface area contributed by atoms with Gasteiger partial charge in [-0.05, 0) is 50.9 Å². The molecule has 0 N–H and O–H groups in total. The Kier molecular flexibility index (Phi) is 4.40. The van der Waals surface area contributed by atoms with Crippen molar-refractivity contribution in [3.63, 3.8) is 0 Å². The van der Waals surface area contributed by atoms with E-state index in [0.717, 1.165) is 0 Å². The van der Waals surface area contributed by atoms with E-state index >= 15 is 0 Å². The molecule has 0 radical (unpaired) electrons. The number of benzene rings is 1. The Bertz CT molecular complexity index is 717. The van der Waals surface area contributed by atoms with E-state index in [-0.39, 0.29) is 0 Å². The molecule has 2 aliphatic rings. The molecule has 2 atom stereocenters. The fourth-order valence-corrected chi connectivity index (χ4v) is 5.18. The van der Waals surface area contributed by atoms with Crippen molar-refractivity contribution in [2.75, 3.05) is 26.2 Å². The molecular formula is C21H31N3. The van der Waals surface area contributed by atoms with Crippen LogP contribution in [0.2, 0.25) is 0 Å². The Balaban J connectivity index is 1.83. The zero-order valence-corrected chi connectivity index (χ0v) is 15.5. The molecule has 1 aromatic heterocycles. The molecule has 0 amide bonds. The SMILES string of the molecule is CCCN1CCN(CCC)C2c3c(C)c4ccccc4n3CCC21. The van der Waals surface area contributed by atoms with Gasteiger partial charge in [-0.3, -0.25) is 9.80 Å². The number of fused-ring (bicyclic) bond motifs is 5. The molecule has 0 spiro atoms. The van der Waals surface area contributed by atoms with Crippen LogP contribution >= 0.6 is 0 Å². The molecule has 1 fully saturated rings. The van der Waals surface area contributed by atoms with Crippen molar-refractivity contribution in [1.82, 2.24) is 14.4 Å². The molecule has 2 aromatic rings. The zero-order valence-electron chi connectivity index (χ0n) is 15.5. The lowest BCUT2D eigenvalue weighted by Crippen LogP contribution is -2.57. The van der Waals surface area contributed by atoms with Gasteiger partial charge in [0.05, 0.1) is 6.04 Å². The van der Waals surface area contributed by atoms with Crippen LogP contribution in [-0.2, 0) is 6.54 Å². The molecule has 0 saturated carbocycles. The highest BCUT2D eigenvalue weighted by atomic mass is 15.3. The average Bonchev–Trinajstić information content (AvgIpc) is 2.90. The molecule has 3 nitrogen and oxygen atoms in total. The molecule has 0 bridgehead atoms. The number of aromatic nitrogens is 1. The van der Waals surface area contributed by atoms with Gasteiger partial charge in [0.2, 0.25) is 0 Å². The Hall–Kier alpha value is -1.32. The molecule has 2 unspecified atom stereocenters. The highest BCUT2D eigenvalue weighted by molar-refractivity contribution is 5.85. The number of piperazine rings is 1. The predicted octanol–water partition coefficient (Wildman–Crippen LogP) is 4.20. The Labute approximate surface area is 146 Å². The fourth-order valence-electron chi connectivity index (χ4n) is 5.18. The van der Waals surface area contributed by atoms with E-state index in [0.29, 0.717) is 12.1 Å². The third-order valence-corrected chi connectivity index (χ3v) is 6.13. The topological polar surface area (TPSA) is 11.4 Å². The van der Waals surface area contributed by atoms with Crippen molar-refractivity contribution in [2.24, 2.45) is 0 Å². The summed E-state index contributed by atoms with van der Waals surface area (Å²) < 4.78 is 2.63. The summed E-state index contributed by atoms with van der Waals surface area (Å²) in [7, 11) is 0. The molecule has 3 heteroatoms. The zero-order chi connectivity index (χ0) is 16.7. The molecule has 2 aliphatic heterocycles. The van der Waals surface area contributed by atoms with Gasteiger partial charge in [-0.25, -0.2) is 0 Å². The highest BCUT2D eigenvalue weighted by Crippen LogP contribution is 2.42. The van der Waals surface area contributed by atoms with Crippen LogP contribution in [0.1, 0.15) is 50.4 Å². The summed E-state index contributed by atoms with van der Waals surface area (Å²) in [5, 5.41) is 1.46. The van der Waals surface area contributed by atoms with E-state index < -0.39 is 0 Å². The lowest BCUT2D eigenvalue weighted by Gasteiger charge is -2.50. The van der Waals surface area contributed by atoms with Crippen LogP contribution in [0.3, 0.4) is 0 Å². The second-order valence-corrected chi connectivity index (χ2v) is 7.55. The standard InChI is InChI=1S/C21H31N3/c1-4-11-22-14-15-23(12-5-2)21-19(22)10-13-24-18-9-7-6-8-17(18)16(3)20(21)24/h6-9,19,21H,4-5,10-15H2,1-3H3. The Morgan fingerprint density at radius 1 is 0.958 bits per heavy atom. The van der Waals surface area contributed by atoms with Crippen LogP contribution in [-0.4, -0.2) is 46.6 Å². The lowest BCUT2D eigenvalue weighted by atomic mass is 9.90. The van der Waals surface area contributed by atoms with Crippen molar-refractivity contribution in [3.05, 3.63) is 35.5 Å². The summed E-state index contributed by atoms with van der Waals surface area (Å²) in [6, 6.07) is 10.3. The van der Waals surface area contributed by atoms with Crippen LogP contribution in [0.5, 0.6) is 0 Å². The van der Waals surface area contributed by atoms with Crippen molar-refractivity contribution in [2.45, 2.75) is 58.7 Å². The van der Waals surface area contributed by atoms with Crippen LogP contribution in [0.15, 0.2) is 24.3 Å². The van der Waals surface area contributed by atoms with Gasteiger partial charge >= 0.3 is 0 Å². The van der Waals surface area contributed by atoms with E-state index in [9.17, 15) is 0 Å². The molecule has 24 heavy (non-hydrogen) atoms. The summed E-state index contributed by atoms with van der Waals surface area (Å²) in [4.78, 5) is 5.55. The molecular weight excluding hydrogens is 294 g/mol. The van der Waals surface area contributed by atoms with E-state index in [4.69, 9.17) is 0 Å². The summed E-state index contributed by atoms with van der Waals surface area (Å²) in [6.07, 6.45) is 3.80. The minimum absolute atomic E-state index is 0.575. The Morgan fingerprint density at radius 2 is 1.67 bits per heavy atom. The smallest absolute Gasteiger partial charge is 0.0662 e. The van der Waals surface area contributed by atoms with Crippen molar-refractivity contribution in [3.8, 4) is 0 Å². The van der Waals surface area contributed by atoms with Crippen molar-refractivity contribution in [1.29, 1.82) is 0 Å². The van der Waals surface area contributed by atoms with Gasteiger partial charge in [-0.1, -0.05) is 32.0 Å². The maximum absolute atomic E-state index is 2.78. The monoisotopic (exact) mass is 325 g/mol. The van der Waals surface area contributed by atoms with Crippen LogP contribution in [0.25, 0.3) is 10.9 Å². The number of hydrogen-bond donors (Lipinski definition) is 0. The van der Waals surface area contributed by atoms with Gasteiger partial charge in [0.1, 0.15) is 0 Å². The average molecular weight is 326 g/mol. The van der Waals surface area contributed by atoms with Crippen LogP contribution in [0, 0.1) is 6.92 Å². The first-order chi connectivity index (χ1) is 11.8. The maximum Gasteiger partial charge on any atom is 0.0662 e. The van der Waals surface area contributed by atoms with Gasteiger partial charge in [-0.15, -0.1) is 0 Å². The predicted molar refractivity (Wildman–Crippen MR) is 102 cm³/mol. The molecule has 3 heterocycles. The van der Waals surface area contributed by atoms with E-state index in [1.54, 1.807) is 5.69 Å². The van der Waals surface area contributed by atoms with E-state index in [1.807, 2.05) is 0 Å². The van der Waals surface area contributed by atoms with Crippen LogP contribution in [0.4, 0.5) is 0 Å². The molecule has 130 valence electrons. The van der Waals surface area contributed by atoms with Gasteiger partial charge in [0.25, 0.3) is 0 Å². The Morgan fingerprint density at radius 3 is 2.46 bits per heavy atom. The molecule has 0 aliphatic carbocycles. The number of rotatable bonds is 4. The van der Waals surface area contributed by atoms with Gasteiger partial charge < -0.3 is 4.57 Å². The third-order valence-electron chi connectivity index (χ3n) is 6.13. The summed E-state index contributed by atoms with van der Waals surface area (Å²) >= 11 is 0. The van der Waals surface area contributed by atoms with E-state index in [1.165, 1.54) is 68.5 Å². The molecule has 4 rings (SSSR count). The van der Waals surface area contributed by atoms with Crippen molar-refractivity contribution >= 4 is 10.9 Å². The second-order valence-electron chi connectivity index (χ2n) is 7.55. The second kappa shape index (κ2) is 6.53. The third kappa shape index (κ3) is 2.41. The van der Waals surface area contributed by atoms with Crippen LogP contribution < -0.4 is 0 Å². The first kappa shape index (κ1) is 16.2. The minimum atomic E-state index is 0.575. The fraction of sp³-hybridized carbons (Fsp3) is 0.619. The lowest BCUT2D eigenvalue weighted by molar-refractivity contribution is -0.00137. The first-order valence-corrected chi connectivity index (χ1v) is 9.82. The normalized spacial score (nSPS) is 25.0. The molecule has 1 saturated heterocycles. The number of para-hydroxylation sites is 1. The minimum Gasteiger partial charge on any atom is -0.343 e. The maximum atomic E-state index is 2.78. The largest absolute Gasteiger partial charge is 0.343 e. The summed E-state index contributed by atoms with van der Waals surface area (Å²) in [5.41, 5.74) is 4.55. The summed E-state index contributed by atoms with van der Waals surface area (Å²) in [5.74, 6) is 0. The van der Waals surface area contributed by atoms with Crippen molar-refractivity contribution < 1.29 is 0 Å². The van der Waals surface area contributed by atoms with Gasteiger partial charge in [-0.2, -0.15) is 0 Å². The van der Waals surface area contributed by atoms with Gasteiger partial charge in [0, 0.05) is 42.3 Å². The summed E-state index contributed by atoms with van der Waals surface area (Å²) in [6.45, 7) is 13.1. The number of hydrogen-bond acceptors (Lipinski definition) is 2. The quantitative estimate of drug-likeness (QED) is 0.834. The first-order valence-electron chi connectivity index (χ1n) is 9.82. The van der Waals surface area contributed by atoms with Gasteiger partial charge in [0.15, 0.2) is 0 Å². The highest BCUT2D eigenvalue weighted by Gasteiger charge is 2.41. The van der Waals surface area contributed by atoms with E-state index in [2.05, 4.69) is 59.4 Å². The number of aryl methyl sites for hydroxylation is 2. The molecule has 1 aromatic carbocycles.